The molecule has 7 nitrogen and oxygen atoms in total. The summed E-state index contributed by atoms with van der Waals surface area (Å²) < 4.78 is 16.7. The van der Waals surface area contributed by atoms with Crippen molar-refractivity contribution in [3.63, 3.8) is 0 Å². The second-order valence-electron chi connectivity index (χ2n) is 5.27. The highest BCUT2D eigenvalue weighted by Gasteiger charge is 2.18. The summed E-state index contributed by atoms with van der Waals surface area (Å²) in [6.07, 6.45) is 0. The van der Waals surface area contributed by atoms with E-state index in [2.05, 4.69) is 37.2 Å². The first-order chi connectivity index (χ1) is 12.4. The summed E-state index contributed by atoms with van der Waals surface area (Å²) in [5, 5.41) is 12.5. The zero-order valence-electron chi connectivity index (χ0n) is 13.3. The van der Waals surface area contributed by atoms with Crippen LogP contribution in [0.4, 0.5) is 5.69 Å². The molecule has 0 aliphatic carbocycles. The number of fused-ring (bicyclic) bond motifs is 1. The number of anilines is 1. The Balaban J connectivity index is 1.60. The normalized spacial score (nSPS) is 12.4. The number of hydrogen-bond donors (Lipinski definition) is 2. The number of phenolic OH excluding ortho intramolecular Hbond substituents is 1. The van der Waals surface area contributed by atoms with Crippen molar-refractivity contribution in [1.29, 1.82) is 0 Å². The Hall–Kier alpha value is -2.26. The van der Waals surface area contributed by atoms with Crippen molar-refractivity contribution in [2.75, 3.05) is 25.1 Å². The number of amides is 1. The lowest BCUT2D eigenvalue weighted by Crippen LogP contribution is -2.21. The summed E-state index contributed by atoms with van der Waals surface area (Å²) in [6.45, 7) is 0.414. The fourth-order valence-corrected chi connectivity index (χ4v) is 3.47. The Morgan fingerprint density at radius 1 is 1.12 bits per heavy atom. The van der Waals surface area contributed by atoms with E-state index in [9.17, 15) is 14.7 Å². The van der Waals surface area contributed by atoms with Crippen LogP contribution in [0, 0.1) is 0 Å². The minimum atomic E-state index is -0.818. The van der Waals surface area contributed by atoms with Crippen LogP contribution in [-0.2, 0) is 9.53 Å². The number of aromatic hydroxyl groups is 1. The molecule has 0 saturated carbocycles. The Bertz CT molecular complexity index is 871. The van der Waals surface area contributed by atoms with Crippen LogP contribution in [0.3, 0.4) is 0 Å². The van der Waals surface area contributed by atoms with E-state index in [4.69, 9.17) is 14.2 Å². The third kappa shape index (κ3) is 4.28. The lowest BCUT2D eigenvalue weighted by molar-refractivity contribution is -0.119. The number of ether oxygens (including phenoxy) is 3. The van der Waals surface area contributed by atoms with E-state index in [0.717, 1.165) is 0 Å². The SMILES string of the molecule is O=C(COC(=O)c1cc(Br)cc(Br)c1O)Nc1ccc2c(c1)OCCO2. The number of esters is 1. The zero-order valence-corrected chi connectivity index (χ0v) is 16.4. The average Bonchev–Trinajstić information content (AvgIpc) is 2.62. The molecular weight excluding hydrogens is 474 g/mol. The molecule has 0 spiro atoms. The maximum Gasteiger partial charge on any atom is 0.342 e. The fourth-order valence-electron chi connectivity index (χ4n) is 2.25. The van der Waals surface area contributed by atoms with E-state index in [-0.39, 0.29) is 11.3 Å². The highest BCUT2D eigenvalue weighted by atomic mass is 79.9. The van der Waals surface area contributed by atoms with Gasteiger partial charge < -0.3 is 24.6 Å². The van der Waals surface area contributed by atoms with Crippen LogP contribution in [0.2, 0.25) is 0 Å². The Kier molecular flexibility index (Phi) is 5.67. The summed E-state index contributed by atoms with van der Waals surface area (Å²) in [5.74, 6) is -0.456. The highest BCUT2D eigenvalue weighted by molar-refractivity contribution is 9.11. The van der Waals surface area contributed by atoms with Crippen molar-refractivity contribution in [2.24, 2.45) is 0 Å². The van der Waals surface area contributed by atoms with Gasteiger partial charge in [0.05, 0.1) is 4.47 Å². The van der Waals surface area contributed by atoms with Gasteiger partial charge in [-0.05, 0) is 40.2 Å². The molecule has 1 aliphatic heterocycles. The molecule has 1 aliphatic rings. The second-order valence-corrected chi connectivity index (χ2v) is 7.04. The van der Waals surface area contributed by atoms with Gasteiger partial charge in [0.1, 0.15) is 24.5 Å². The number of benzene rings is 2. The number of rotatable bonds is 4. The maximum atomic E-state index is 12.1. The molecule has 0 fully saturated rings. The Morgan fingerprint density at radius 2 is 1.85 bits per heavy atom. The summed E-state index contributed by atoms with van der Waals surface area (Å²) in [4.78, 5) is 24.1. The number of halogens is 2. The van der Waals surface area contributed by atoms with Gasteiger partial charge in [-0.2, -0.15) is 0 Å². The molecular formula is C17H13Br2NO6. The Morgan fingerprint density at radius 3 is 2.62 bits per heavy atom. The van der Waals surface area contributed by atoms with Gasteiger partial charge in [-0.15, -0.1) is 0 Å². The van der Waals surface area contributed by atoms with Crippen molar-refractivity contribution < 1.29 is 28.9 Å². The van der Waals surface area contributed by atoms with Crippen LogP contribution >= 0.6 is 31.9 Å². The zero-order chi connectivity index (χ0) is 18.7. The minimum absolute atomic E-state index is 0.0571. The summed E-state index contributed by atoms with van der Waals surface area (Å²) in [5.41, 5.74) is 0.432. The smallest absolute Gasteiger partial charge is 0.342 e. The number of phenols is 1. The van der Waals surface area contributed by atoms with Crippen molar-refractivity contribution in [3.8, 4) is 17.2 Å². The predicted octanol–water partition coefficient (Wildman–Crippen LogP) is 3.48. The molecule has 0 aromatic heterocycles. The van der Waals surface area contributed by atoms with Gasteiger partial charge in [0.25, 0.3) is 5.91 Å². The van der Waals surface area contributed by atoms with Crippen molar-refractivity contribution in [3.05, 3.63) is 44.8 Å². The highest BCUT2D eigenvalue weighted by Crippen LogP contribution is 2.33. The summed E-state index contributed by atoms with van der Waals surface area (Å²) in [6, 6.07) is 7.96. The van der Waals surface area contributed by atoms with E-state index in [0.29, 0.717) is 39.3 Å². The summed E-state index contributed by atoms with van der Waals surface area (Å²) >= 11 is 6.35. The Labute approximate surface area is 165 Å². The lowest BCUT2D eigenvalue weighted by atomic mass is 10.2. The third-order valence-electron chi connectivity index (χ3n) is 3.41. The molecule has 2 aromatic carbocycles. The third-order valence-corrected chi connectivity index (χ3v) is 4.47. The molecule has 0 bridgehead atoms. The van der Waals surface area contributed by atoms with Crippen LogP contribution in [0.25, 0.3) is 0 Å². The first kappa shape index (κ1) is 18.5. The number of carbonyl (C=O) groups excluding carboxylic acids is 2. The number of carbonyl (C=O) groups is 2. The van der Waals surface area contributed by atoms with Gasteiger partial charge in [0.2, 0.25) is 0 Å². The van der Waals surface area contributed by atoms with Crippen molar-refractivity contribution in [1.82, 2.24) is 0 Å². The van der Waals surface area contributed by atoms with Crippen LogP contribution < -0.4 is 14.8 Å². The minimum Gasteiger partial charge on any atom is -0.506 e. The van der Waals surface area contributed by atoms with Crippen LogP contribution in [0.1, 0.15) is 10.4 Å². The van der Waals surface area contributed by atoms with Crippen LogP contribution in [-0.4, -0.2) is 36.8 Å². The molecule has 0 unspecified atom stereocenters. The topological polar surface area (TPSA) is 94.1 Å². The molecule has 0 radical (unpaired) electrons. The largest absolute Gasteiger partial charge is 0.506 e. The van der Waals surface area contributed by atoms with Gasteiger partial charge >= 0.3 is 5.97 Å². The van der Waals surface area contributed by atoms with Crippen molar-refractivity contribution in [2.45, 2.75) is 0 Å². The van der Waals surface area contributed by atoms with Gasteiger partial charge in [-0.1, -0.05) is 15.9 Å². The molecule has 2 aromatic rings. The quantitative estimate of drug-likeness (QED) is 0.642. The first-order valence-corrected chi connectivity index (χ1v) is 9.07. The van der Waals surface area contributed by atoms with Gasteiger partial charge in [0.15, 0.2) is 18.1 Å². The molecule has 1 amide bonds. The van der Waals surface area contributed by atoms with E-state index >= 15 is 0 Å². The summed E-state index contributed by atoms with van der Waals surface area (Å²) in [7, 11) is 0. The van der Waals surface area contributed by atoms with Gasteiger partial charge in [0, 0.05) is 16.2 Å². The molecule has 1 heterocycles. The van der Waals surface area contributed by atoms with E-state index in [1.807, 2.05) is 0 Å². The first-order valence-electron chi connectivity index (χ1n) is 7.48. The second kappa shape index (κ2) is 7.96. The van der Waals surface area contributed by atoms with E-state index < -0.39 is 18.5 Å². The van der Waals surface area contributed by atoms with Gasteiger partial charge in [-0.3, -0.25) is 4.79 Å². The van der Waals surface area contributed by atoms with Crippen molar-refractivity contribution >= 4 is 49.4 Å². The average molecular weight is 487 g/mol. The number of hydrogen-bond acceptors (Lipinski definition) is 6. The molecule has 9 heteroatoms. The molecule has 0 saturated heterocycles. The molecule has 2 N–H and O–H groups in total. The number of nitrogens with one attached hydrogen (secondary N) is 1. The predicted molar refractivity (Wildman–Crippen MR) is 99.9 cm³/mol. The maximum absolute atomic E-state index is 12.1. The molecule has 26 heavy (non-hydrogen) atoms. The van der Waals surface area contributed by atoms with Crippen LogP contribution in [0.15, 0.2) is 39.3 Å². The monoisotopic (exact) mass is 485 g/mol. The molecule has 0 atom stereocenters. The molecule has 136 valence electrons. The van der Waals surface area contributed by atoms with E-state index in [1.165, 1.54) is 6.07 Å². The fraction of sp³-hybridized carbons (Fsp3) is 0.176. The lowest BCUT2D eigenvalue weighted by Gasteiger charge is -2.19. The standard InChI is InChI=1S/C17H13Br2NO6/c18-9-5-11(16(22)12(19)6-9)17(23)26-8-15(21)20-10-1-2-13-14(7-10)25-4-3-24-13/h1-2,5-7,22H,3-4,8H2,(H,20,21). The van der Waals surface area contributed by atoms with Gasteiger partial charge in [-0.25, -0.2) is 4.79 Å². The van der Waals surface area contributed by atoms with E-state index in [1.54, 1.807) is 24.3 Å². The molecule has 3 rings (SSSR count). The van der Waals surface area contributed by atoms with Crippen LogP contribution in [0.5, 0.6) is 17.2 Å².